The molecular weight excluding hydrogens is 160 g/mol. The van der Waals surface area contributed by atoms with Gasteiger partial charge >= 0.3 is 6.18 Å². The predicted octanol–water partition coefficient (Wildman–Crippen LogP) is 2.89. The average molecular weight is 169 g/mol. The summed E-state index contributed by atoms with van der Waals surface area (Å²) in [5.41, 5.74) is 0. The Kier molecular flexibility index (Phi) is 2.40. The number of hydrogen-bond acceptors (Lipinski definition) is 0. The van der Waals surface area contributed by atoms with Crippen molar-refractivity contribution in [3.8, 4) is 0 Å². The molecule has 4 heteroatoms. The van der Waals surface area contributed by atoms with Crippen LogP contribution in [0, 0.1) is 12.3 Å². The lowest BCUT2D eigenvalue weighted by Crippen LogP contribution is -2.29. The first-order valence-electron chi connectivity index (χ1n) is 3.54. The third-order valence-electron chi connectivity index (χ3n) is 1.91. The van der Waals surface area contributed by atoms with Crippen molar-refractivity contribution in [1.82, 2.24) is 0 Å². The van der Waals surface area contributed by atoms with E-state index in [1.807, 2.05) is 0 Å². The summed E-state index contributed by atoms with van der Waals surface area (Å²) in [6, 6.07) is 0. The highest BCUT2D eigenvalue weighted by molar-refractivity contribution is 4.87. The molecule has 2 unspecified atom stereocenters. The molecule has 1 fully saturated rings. The third-order valence-corrected chi connectivity index (χ3v) is 1.91. The van der Waals surface area contributed by atoms with Crippen LogP contribution in [0.5, 0.6) is 0 Å². The first-order valence-corrected chi connectivity index (χ1v) is 3.54. The van der Waals surface area contributed by atoms with Crippen LogP contribution >= 0.6 is 0 Å². The van der Waals surface area contributed by atoms with Gasteiger partial charge in [-0.15, -0.1) is 0 Å². The normalized spacial score (nSPS) is 33.8. The topological polar surface area (TPSA) is 0 Å². The van der Waals surface area contributed by atoms with E-state index in [4.69, 9.17) is 0 Å². The SMILES string of the molecule is FC1[CH]CCC(C(F)(F)F)C1. The molecule has 1 aliphatic carbocycles. The number of alkyl halides is 4. The van der Waals surface area contributed by atoms with Gasteiger partial charge in [-0.25, -0.2) is 4.39 Å². The van der Waals surface area contributed by atoms with Gasteiger partial charge in [0.05, 0.1) is 5.92 Å². The van der Waals surface area contributed by atoms with Crippen LogP contribution in [0.15, 0.2) is 0 Å². The van der Waals surface area contributed by atoms with Crippen molar-refractivity contribution in [1.29, 1.82) is 0 Å². The van der Waals surface area contributed by atoms with E-state index in [1.165, 1.54) is 6.42 Å². The molecule has 0 amide bonds. The molecule has 1 aliphatic rings. The summed E-state index contributed by atoms with van der Waals surface area (Å²) in [6.45, 7) is 0. The Morgan fingerprint density at radius 2 is 1.91 bits per heavy atom. The molecule has 1 rings (SSSR count). The van der Waals surface area contributed by atoms with Gasteiger partial charge in [-0.05, 0) is 25.7 Å². The summed E-state index contributed by atoms with van der Waals surface area (Å²) < 4.78 is 48.2. The second-order valence-electron chi connectivity index (χ2n) is 2.80. The Bertz CT molecular complexity index is 129. The fourth-order valence-corrected chi connectivity index (χ4v) is 1.26. The Labute approximate surface area is 62.6 Å². The van der Waals surface area contributed by atoms with E-state index in [0.717, 1.165) is 0 Å². The van der Waals surface area contributed by atoms with Gasteiger partial charge in [0.25, 0.3) is 0 Å². The first-order chi connectivity index (χ1) is 5.00. The Balaban J connectivity index is 2.46. The molecule has 0 aromatic heterocycles. The summed E-state index contributed by atoms with van der Waals surface area (Å²) in [5.74, 6) is -1.43. The Hall–Kier alpha value is -0.280. The second-order valence-corrected chi connectivity index (χ2v) is 2.80. The fourth-order valence-electron chi connectivity index (χ4n) is 1.26. The highest BCUT2D eigenvalue weighted by Crippen LogP contribution is 2.37. The van der Waals surface area contributed by atoms with Crippen molar-refractivity contribution in [2.75, 3.05) is 0 Å². The van der Waals surface area contributed by atoms with Crippen molar-refractivity contribution in [2.45, 2.75) is 31.6 Å². The maximum Gasteiger partial charge on any atom is 0.391 e. The van der Waals surface area contributed by atoms with Gasteiger partial charge in [-0.2, -0.15) is 13.2 Å². The summed E-state index contributed by atoms with van der Waals surface area (Å²) in [5, 5.41) is 0. The quantitative estimate of drug-likeness (QED) is 0.489. The molecule has 0 spiro atoms. The lowest BCUT2D eigenvalue weighted by Gasteiger charge is -2.25. The zero-order valence-corrected chi connectivity index (χ0v) is 5.87. The van der Waals surface area contributed by atoms with E-state index in [1.54, 1.807) is 0 Å². The van der Waals surface area contributed by atoms with E-state index in [-0.39, 0.29) is 19.3 Å². The standard InChI is InChI=1S/C7H9F4/c8-6-3-1-2-5(4-6)7(9,10)11/h3,5-6H,1-2,4H2. The van der Waals surface area contributed by atoms with Gasteiger partial charge in [0.1, 0.15) is 6.17 Å². The van der Waals surface area contributed by atoms with E-state index in [0.29, 0.717) is 0 Å². The first kappa shape index (κ1) is 8.81. The largest absolute Gasteiger partial charge is 0.391 e. The van der Waals surface area contributed by atoms with Crippen LogP contribution < -0.4 is 0 Å². The molecule has 1 radical (unpaired) electrons. The molecule has 2 atom stereocenters. The van der Waals surface area contributed by atoms with Gasteiger partial charge < -0.3 is 0 Å². The maximum atomic E-state index is 12.4. The van der Waals surface area contributed by atoms with Crippen molar-refractivity contribution in [3.05, 3.63) is 6.42 Å². The monoisotopic (exact) mass is 169 g/mol. The second kappa shape index (κ2) is 2.99. The molecule has 0 aliphatic heterocycles. The molecular formula is C7H9F4. The van der Waals surface area contributed by atoms with E-state index >= 15 is 0 Å². The summed E-state index contributed by atoms with van der Waals surface area (Å²) in [6.07, 6.45) is -4.37. The van der Waals surface area contributed by atoms with Gasteiger partial charge in [0.15, 0.2) is 0 Å². The van der Waals surface area contributed by atoms with Crippen molar-refractivity contribution < 1.29 is 17.6 Å². The molecule has 0 aromatic carbocycles. The fraction of sp³-hybridized carbons (Fsp3) is 0.857. The van der Waals surface area contributed by atoms with E-state index in [9.17, 15) is 17.6 Å². The van der Waals surface area contributed by atoms with Gasteiger partial charge in [0, 0.05) is 0 Å². The average Bonchev–Trinajstić information content (AvgIpc) is 1.86. The minimum atomic E-state index is -4.21. The molecule has 1 saturated carbocycles. The lowest BCUT2D eigenvalue weighted by atomic mass is 9.88. The predicted molar refractivity (Wildman–Crippen MR) is 32.6 cm³/mol. The summed E-state index contributed by atoms with van der Waals surface area (Å²) in [4.78, 5) is 0. The van der Waals surface area contributed by atoms with Crippen LogP contribution in [0.3, 0.4) is 0 Å². The van der Waals surface area contributed by atoms with Gasteiger partial charge in [0.2, 0.25) is 0 Å². The smallest absolute Gasteiger partial charge is 0.247 e. The van der Waals surface area contributed by atoms with Crippen LogP contribution in [0.4, 0.5) is 17.6 Å². The number of halogens is 4. The third kappa shape index (κ3) is 2.34. The minimum absolute atomic E-state index is 0.0456. The van der Waals surface area contributed by atoms with E-state index < -0.39 is 18.3 Å². The minimum Gasteiger partial charge on any atom is -0.247 e. The molecule has 0 aromatic rings. The van der Waals surface area contributed by atoms with Crippen molar-refractivity contribution >= 4 is 0 Å². The zero-order chi connectivity index (χ0) is 8.48. The summed E-state index contributed by atoms with van der Waals surface area (Å²) in [7, 11) is 0. The zero-order valence-electron chi connectivity index (χ0n) is 5.87. The Morgan fingerprint density at radius 3 is 2.27 bits per heavy atom. The molecule has 65 valence electrons. The number of hydrogen-bond donors (Lipinski definition) is 0. The van der Waals surface area contributed by atoms with Crippen LogP contribution in [0.25, 0.3) is 0 Å². The molecule has 0 bridgehead atoms. The van der Waals surface area contributed by atoms with Crippen molar-refractivity contribution in [2.24, 2.45) is 5.92 Å². The molecule has 0 N–H and O–H groups in total. The molecule has 11 heavy (non-hydrogen) atoms. The highest BCUT2D eigenvalue weighted by atomic mass is 19.4. The molecule has 0 heterocycles. The van der Waals surface area contributed by atoms with Crippen LogP contribution in [-0.4, -0.2) is 12.3 Å². The molecule has 0 saturated heterocycles. The van der Waals surface area contributed by atoms with Crippen LogP contribution in [-0.2, 0) is 0 Å². The Morgan fingerprint density at radius 1 is 1.27 bits per heavy atom. The number of rotatable bonds is 0. The van der Waals surface area contributed by atoms with Gasteiger partial charge in [-0.1, -0.05) is 0 Å². The van der Waals surface area contributed by atoms with Gasteiger partial charge in [-0.3, -0.25) is 0 Å². The lowest BCUT2D eigenvalue weighted by molar-refractivity contribution is -0.183. The highest BCUT2D eigenvalue weighted by Gasteiger charge is 2.42. The van der Waals surface area contributed by atoms with Crippen LogP contribution in [0.2, 0.25) is 0 Å². The molecule has 0 nitrogen and oxygen atoms in total. The maximum absolute atomic E-state index is 12.4. The summed E-state index contributed by atoms with van der Waals surface area (Å²) >= 11 is 0. The van der Waals surface area contributed by atoms with E-state index in [2.05, 4.69) is 0 Å². The van der Waals surface area contributed by atoms with Crippen molar-refractivity contribution in [3.63, 3.8) is 0 Å². The van der Waals surface area contributed by atoms with Crippen LogP contribution in [0.1, 0.15) is 19.3 Å².